The van der Waals surface area contributed by atoms with Gasteiger partial charge in [-0.15, -0.1) is 0 Å². The molecule has 0 radical (unpaired) electrons. The summed E-state index contributed by atoms with van der Waals surface area (Å²) in [6, 6.07) is 19.6. The first-order valence-corrected chi connectivity index (χ1v) is 10.8. The minimum absolute atomic E-state index is 0.0633. The number of carbonyl (C=O) groups excluding carboxylic acids is 2. The molecule has 29 heavy (non-hydrogen) atoms. The lowest BCUT2D eigenvalue weighted by molar-refractivity contribution is 0.0976. The highest BCUT2D eigenvalue weighted by atomic mass is 32.2. The van der Waals surface area contributed by atoms with Gasteiger partial charge in [0.05, 0.1) is 10.5 Å². The third kappa shape index (κ3) is 3.30. The van der Waals surface area contributed by atoms with E-state index in [0.29, 0.717) is 12.0 Å². The maximum Gasteiger partial charge on any atom is 0.241 e. The molecule has 0 saturated heterocycles. The van der Waals surface area contributed by atoms with Gasteiger partial charge in [0.15, 0.2) is 11.6 Å². The molecule has 0 saturated carbocycles. The van der Waals surface area contributed by atoms with Gasteiger partial charge in [-0.2, -0.15) is 0 Å². The van der Waals surface area contributed by atoms with Crippen LogP contribution in [0, 0.1) is 0 Å². The zero-order valence-electron chi connectivity index (χ0n) is 15.8. The molecular formula is C23H19NO4S. The molecule has 1 unspecified atom stereocenters. The molecule has 6 heteroatoms. The summed E-state index contributed by atoms with van der Waals surface area (Å²) < 4.78 is 29.2. The molecule has 3 aromatic carbocycles. The molecule has 4 rings (SSSR count). The van der Waals surface area contributed by atoms with Crippen molar-refractivity contribution in [1.29, 1.82) is 0 Å². The van der Waals surface area contributed by atoms with E-state index >= 15 is 0 Å². The summed E-state index contributed by atoms with van der Waals surface area (Å²) in [6.07, 6.45) is 0.536. The predicted molar refractivity (Wildman–Crippen MR) is 110 cm³/mol. The molecule has 0 amide bonds. The van der Waals surface area contributed by atoms with Gasteiger partial charge in [0.1, 0.15) is 0 Å². The van der Waals surface area contributed by atoms with Crippen molar-refractivity contribution >= 4 is 21.6 Å². The molecule has 1 aliphatic carbocycles. The van der Waals surface area contributed by atoms with Crippen LogP contribution in [-0.4, -0.2) is 20.0 Å². The fraction of sp³-hybridized carbons (Fsp3) is 0.130. The van der Waals surface area contributed by atoms with Crippen LogP contribution in [0.4, 0.5) is 0 Å². The van der Waals surface area contributed by atoms with Crippen molar-refractivity contribution in [3.63, 3.8) is 0 Å². The highest BCUT2D eigenvalue weighted by Gasteiger charge is 2.35. The van der Waals surface area contributed by atoms with Crippen molar-refractivity contribution < 1.29 is 18.0 Å². The smallest absolute Gasteiger partial charge is 0.241 e. The molecule has 0 aliphatic heterocycles. The van der Waals surface area contributed by atoms with E-state index in [2.05, 4.69) is 4.72 Å². The van der Waals surface area contributed by atoms with Crippen molar-refractivity contribution in [2.75, 3.05) is 0 Å². The largest absolute Gasteiger partial charge is 0.289 e. The van der Waals surface area contributed by atoms with Crippen molar-refractivity contribution in [1.82, 2.24) is 4.72 Å². The summed E-state index contributed by atoms with van der Waals surface area (Å²) in [7, 11) is -4.04. The zero-order valence-corrected chi connectivity index (χ0v) is 16.6. The molecule has 0 spiro atoms. The Kier molecular flexibility index (Phi) is 4.90. The summed E-state index contributed by atoms with van der Waals surface area (Å²) in [5.41, 5.74) is 1.40. The summed E-state index contributed by atoms with van der Waals surface area (Å²) in [5.74, 6) is -0.800. The standard InChI is InChI=1S/C23H19NO4S/c1-2-19(15-9-4-3-5-10-15)24-29(27,28)20-14-8-13-18-21(20)23(26)17-12-7-6-11-16(17)22(18)25/h3-14,19,24H,2H2,1H3. The third-order valence-electron chi connectivity index (χ3n) is 5.11. The van der Waals surface area contributed by atoms with E-state index in [1.807, 2.05) is 37.3 Å². The van der Waals surface area contributed by atoms with E-state index in [9.17, 15) is 18.0 Å². The van der Waals surface area contributed by atoms with Gasteiger partial charge in [-0.05, 0) is 18.1 Å². The van der Waals surface area contributed by atoms with E-state index in [4.69, 9.17) is 0 Å². The lowest BCUT2D eigenvalue weighted by Crippen LogP contribution is -2.31. The van der Waals surface area contributed by atoms with Crippen molar-refractivity contribution in [2.24, 2.45) is 0 Å². The average Bonchev–Trinajstić information content (AvgIpc) is 2.76. The number of ketones is 2. The lowest BCUT2D eigenvalue weighted by Gasteiger charge is -2.22. The Labute approximate surface area is 169 Å². The maximum absolute atomic E-state index is 13.2. The number of carbonyl (C=O) groups is 2. The minimum atomic E-state index is -4.04. The van der Waals surface area contributed by atoms with E-state index in [0.717, 1.165) is 5.56 Å². The fourth-order valence-corrected chi connectivity index (χ4v) is 5.19. The number of fused-ring (bicyclic) bond motifs is 2. The van der Waals surface area contributed by atoms with Crippen molar-refractivity contribution in [3.8, 4) is 0 Å². The van der Waals surface area contributed by atoms with Crippen LogP contribution < -0.4 is 4.72 Å². The van der Waals surface area contributed by atoms with Gasteiger partial charge in [0.2, 0.25) is 10.0 Å². The van der Waals surface area contributed by atoms with Crippen LogP contribution in [0.15, 0.2) is 77.7 Å². The summed E-state index contributed by atoms with van der Waals surface area (Å²) in [5, 5.41) is 0. The number of hydrogen-bond donors (Lipinski definition) is 1. The Morgan fingerprint density at radius 2 is 1.34 bits per heavy atom. The van der Waals surface area contributed by atoms with Crippen LogP contribution >= 0.6 is 0 Å². The third-order valence-corrected chi connectivity index (χ3v) is 6.63. The normalized spacial score (nSPS) is 14.2. The Bertz CT molecular complexity index is 1220. The molecular weight excluding hydrogens is 386 g/mol. The van der Waals surface area contributed by atoms with Crippen molar-refractivity contribution in [2.45, 2.75) is 24.3 Å². The van der Waals surface area contributed by atoms with Gasteiger partial charge >= 0.3 is 0 Å². The molecule has 1 atom stereocenters. The SMILES string of the molecule is CCC(NS(=O)(=O)c1cccc2c1C(=O)c1ccccc1C2=O)c1ccccc1. The second-order valence-electron chi connectivity index (χ2n) is 6.88. The Balaban J connectivity index is 1.81. The molecule has 0 fully saturated rings. The van der Waals surface area contributed by atoms with Crippen molar-refractivity contribution in [3.05, 3.63) is 101 Å². The first-order chi connectivity index (χ1) is 13.9. The number of hydrogen-bond acceptors (Lipinski definition) is 4. The monoisotopic (exact) mass is 405 g/mol. The van der Waals surface area contributed by atoms with Crippen LogP contribution in [0.1, 0.15) is 56.8 Å². The van der Waals surface area contributed by atoms with Crippen LogP contribution in [0.5, 0.6) is 0 Å². The molecule has 1 aliphatic rings. The van der Waals surface area contributed by atoms with Crippen LogP contribution in [0.25, 0.3) is 0 Å². The molecule has 0 bridgehead atoms. The zero-order chi connectivity index (χ0) is 20.6. The summed E-state index contributed by atoms with van der Waals surface area (Å²) in [6.45, 7) is 1.88. The van der Waals surface area contributed by atoms with Gasteiger partial charge in [0, 0.05) is 22.7 Å². The number of sulfonamides is 1. The second kappa shape index (κ2) is 7.39. The van der Waals surface area contributed by atoms with E-state index in [-0.39, 0.29) is 27.4 Å². The lowest BCUT2D eigenvalue weighted by atomic mass is 9.84. The number of rotatable bonds is 5. The van der Waals surface area contributed by atoms with E-state index in [1.165, 1.54) is 18.2 Å². The highest BCUT2D eigenvalue weighted by molar-refractivity contribution is 7.89. The van der Waals surface area contributed by atoms with Gasteiger partial charge in [-0.3, -0.25) is 9.59 Å². The summed E-state index contributed by atoms with van der Waals surface area (Å²) >= 11 is 0. The Hall–Kier alpha value is -3.09. The van der Waals surface area contributed by atoms with Crippen LogP contribution in [0.3, 0.4) is 0 Å². The minimum Gasteiger partial charge on any atom is -0.289 e. The predicted octanol–water partition coefficient (Wildman–Crippen LogP) is 3.89. The van der Waals surface area contributed by atoms with E-state index in [1.54, 1.807) is 24.3 Å². The second-order valence-corrected chi connectivity index (χ2v) is 8.56. The average molecular weight is 405 g/mol. The topological polar surface area (TPSA) is 80.3 Å². The summed E-state index contributed by atoms with van der Waals surface area (Å²) in [4.78, 5) is 25.8. The molecule has 1 N–H and O–H groups in total. The van der Waals surface area contributed by atoms with Crippen LogP contribution in [0.2, 0.25) is 0 Å². The van der Waals surface area contributed by atoms with Crippen LogP contribution in [-0.2, 0) is 10.0 Å². The molecule has 5 nitrogen and oxygen atoms in total. The molecule has 0 heterocycles. The Morgan fingerprint density at radius 3 is 2.00 bits per heavy atom. The van der Waals surface area contributed by atoms with E-state index < -0.39 is 21.8 Å². The molecule has 3 aromatic rings. The first-order valence-electron chi connectivity index (χ1n) is 9.32. The molecule has 0 aromatic heterocycles. The number of nitrogens with one attached hydrogen (secondary N) is 1. The van der Waals surface area contributed by atoms with Gasteiger partial charge in [-0.1, -0.05) is 73.7 Å². The molecule has 146 valence electrons. The highest BCUT2D eigenvalue weighted by Crippen LogP contribution is 2.32. The first kappa shape index (κ1) is 19.2. The fourth-order valence-electron chi connectivity index (χ4n) is 3.66. The Morgan fingerprint density at radius 1 is 0.759 bits per heavy atom. The van der Waals surface area contributed by atoms with Gasteiger partial charge in [0.25, 0.3) is 0 Å². The van der Waals surface area contributed by atoms with Gasteiger partial charge in [-0.25, -0.2) is 13.1 Å². The van der Waals surface area contributed by atoms with Gasteiger partial charge < -0.3 is 0 Å². The number of benzene rings is 3. The maximum atomic E-state index is 13.2. The quantitative estimate of drug-likeness (QED) is 0.546.